The molecule has 1 N–H and O–H groups in total. The normalized spacial score (nSPS) is 13.4. The SMILES string of the molecule is COC(=O)CCBr.COC(=O)CCSc1nncn1-c1ccc(C2CC2)c2ccccc12.S=c1[nH]ncn1-c1ccc(C2CC2)c2ccccc12.[2H]CF. The third-order valence-electron chi connectivity index (χ3n) is 8.78. The topological polar surface area (TPSA) is 117 Å². The standard InChI is InChI=1S/C19H19N3O2S.C15H13N3S.C4H7BrO2.CH3F/c1-24-18(23)10-11-25-19-21-20-12-22(19)17-9-8-14(13-6-7-13)15-4-2-3-5-16(15)17;19-15-17-16-9-18(15)14-8-7-11(10-5-6-10)12-3-1-2-4-13(12)14;1-7-4(6)2-3-5;1-2/h2-5,8-9,12-13H,6-7,10-11H2,1H3;1-4,7-10H,5-6H2,(H,17,19);2-3H2,1H3;1H3/i;;;1D. The highest BCUT2D eigenvalue weighted by molar-refractivity contribution is 9.09. The number of carbonyl (C=O) groups is 2. The smallest absolute Gasteiger partial charge is 0.306 e. The minimum absolute atomic E-state index is 0.170. The van der Waals surface area contributed by atoms with Crippen LogP contribution < -0.4 is 0 Å². The molecule has 2 saturated carbocycles. The van der Waals surface area contributed by atoms with Gasteiger partial charge in [0.25, 0.3) is 0 Å². The first-order valence-electron chi connectivity index (χ1n) is 17.8. The van der Waals surface area contributed by atoms with E-state index in [0.29, 0.717) is 34.6 Å². The van der Waals surface area contributed by atoms with Crippen LogP contribution in [0.4, 0.5) is 4.39 Å². The molecule has 10 nitrogen and oxygen atoms in total. The van der Waals surface area contributed by atoms with Crippen molar-refractivity contribution in [2.24, 2.45) is 0 Å². The number of H-pyrrole nitrogens is 1. The summed E-state index contributed by atoms with van der Waals surface area (Å²) in [6.07, 6.45) is 9.48. The number of aromatic nitrogens is 6. The average molecular weight is 823 g/mol. The molecule has 2 aromatic heterocycles. The van der Waals surface area contributed by atoms with Gasteiger partial charge in [0, 0.05) is 21.9 Å². The lowest BCUT2D eigenvalue weighted by Gasteiger charge is -2.13. The highest BCUT2D eigenvalue weighted by Gasteiger charge is 2.27. The largest absolute Gasteiger partial charge is 0.469 e. The van der Waals surface area contributed by atoms with Crippen LogP contribution in [0.25, 0.3) is 32.9 Å². The number of alkyl halides is 2. The van der Waals surface area contributed by atoms with E-state index in [1.807, 2.05) is 9.13 Å². The Labute approximate surface area is 327 Å². The molecule has 53 heavy (non-hydrogen) atoms. The molecule has 0 amide bonds. The Kier molecular flexibility index (Phi) is 14.2. The maximum absolute atomic E-state index is 11.3. The minimum atomic E-state index is -1.00. The molecule has 278 valence electrons. The third kappa shape index (κ3) is 10.2. The molecule has 6 aromatic rings. The molecule has 0 saturated heterocycles. The van der Waals surface area contributed by atoms with Gasteiger partial charge in [0.2, 0.25) is 0 Å². The van der Waals surface area contributed by atoms with Crippen LogP contribution in [0.1, 0.15) is 62.9 Å². The van der Waals surface area contributed by atoms with Gasteiger partial charge in [-0.15, -0.1) is 10.2 Å². The molecule has 2 aliphatic carbocycles. The van der Waals surface area contributed by atoms with E-state index in [9.17, 15) is 14.0 Å². The van der Waals surface area contributed by atoms with E-state index in [2.05, 4.69) is 119 Å². The molecule has 2 fully saturated rings. The fourth-order valence-electron chi connectivity index (χ4n) is 5.95. The summed E-state index contributed by atoms with van der Waals surface area (Å²) in [5.74, 6) is 1.68. The van der Waals surface area contributed by atoms with Gasteiger partial charge in [-0.2, -0.15) is 5.10 Å². The zero-order valence-electron chi connectivity index (χ0n) is 30.5. The molecule has 0 atom stereocenters. The summed E-state index contributed by atoms with van der Waals surface area (Å²) in [5, 5.41) is 21.7. The van der Waals surface area contributed by atoms with Crippen LogP contribution in [-0.4, -0.2) is 73.9 Å². The fraction of sp³-hybridized carbons (Fsp3) is 0.333. The zero-order valence-corrected chi connectivity index (χ0v) is 32.8. The number of aromatic amines is 1. The quantitative estimate of drug-likeness (QED) is 0.0625. The number of thioether (sulfide) groups is 1. The van der Waals surface area contributed by atoms with Crippen molar-refractivity contribution in [2.45, 2.75) is 55.5 Å². The van der Waals surface area contributed by atoms with E-state index in [4.69, 9.17) is 13.6 Å². The van der Waals surface area contributed by atoms with Gasteiger partial charge in [-0.05, 0) is 83.8 Å². The van der Waals surface area contributed by atoms with E-state index in [1.165, 1.54) is 84.3 Å². The molecule has 0 spiro atoms. The summed E-state index contributed by atoms with van der Waals surface area (Å²) in [6, 6.07) is 25.8. The Morgan fingerprint density at radius 2 is 1.36 bits per heavy atom. The predicted octanol–water partition coefficient (Wildman–Crippen LogP) is 9.44. The van der Waals surface area contributed by atoms with Crippen LogP contribution in [0.15, 0.2) is 90.6 Å². The number of rotatable bonds is 10. The monoisotopic (exact) mass is 821 g/mol. The van der Waals surface area contributed by atoms with Gasteiger partial charge in [-0.3, -0.25) is 28.2 Å². The van der Waals surface area contributed by atoms with Crippen molar-refractivity contribution in [3.05, 3.63) is 101 Å². The second kappa shape index (κ2) is 19.6. The third-order valence-corrected chi connectivity index (χ3v) is 10.4. The van der Waals surface area contributed by atoms with Crippen molar-refractivity contribution in [1.82, 2.24) is 29.5 Å². The molecule has 2 aliphatic rings. The Morgan fingerprint density at radius 3 is 1.81 bits per heavy atom. The number of fused-ring (bicyclic) bond motifs is 2. The number of esters is 2. The van der Waals surface area contributed by atoms with Crippen LogP contribution >= 0.6 is 39.9 Å². The van der Waals surface area contributed by atoms with Gasteiger partial charge in [-0.1, -0.05) is 88.4 Å². The molecule has 0 unspecified atom stereocenters. The van der Waals surface area contributed by atoms with E-state index >= 15 is 0 Å². The van der Waals surface area contributed by atoms with Gasteiger partial charge in [0.15, 0.2) is 9.93 Å². The molecule has 2 heterocycles. The number of benzene rings is 4. The Balaban J connectivity index is 0.000000170. The van der Waals surface area contributed by atoms with Crippen LogP contribution in [-0.2, 0) is 19.1 Å². The van der Waals surface area contributed by atoms with Crippen LogP contribution in [0, 0.1) is 4.77 Å². The van der Waals surface area contributed by atoms with Crippen LogP contribution in [0.3, 0.4) is 0 Å². The number of halogens is 2. The predicted molar refractivity (Wildman–Crippen MR) is 214 cm³/mol. The van der Waals surface area contributed by atoms with Crippen molar-refractivity contribution < 1.29 is 24.8 Å². The van der Waals surface area contributed by atoms with E-state index in [-0.39, 0.29) is 11.9 Å². The number of methoxy groups -OCH3 is 2. The Bertz CT molecular complexity index is 2220. The molecule has 0 aliphatic heterocycles. The molecular formula is C39H42BrFN6O4S2. The van der Waals surface area contributed by atoms with Crippen LogP contribution in [0.5, 0.6) is 0 Å². The molecule has 4 aromatic carbocycles. The van der Waals surface area contributed by atoms with E-state index < -0.39 is 7.15 Å². The molecule has 14 heteroatoms. The lowest BCUT2D eigenvalue weighted by Crippen LogP contribution is -2.02. The second-order valence-corrected chi connectivity index (χ2v) is 14.4. The summed E-state index contributed by atoms with van der Waals surface area (Å²) in [6.45, 7) is 0. The Hall–Kier alpha value is -4.40. The van der Waals surface area contributed by atoms with Gasteiger partial charge in [0.05, 0.1) is 47.0 Å². The highest BCUT2D eigenvalue weighted by Crippen LogP contribution is 2.45. The lowest BCUT2D eigenvalue weighted by atomic mass is 9.99. The number of ether oxygens (including phenoxy) is 2. The molecule has 8 rings (SSSR count). The minimum Gasteiger partial charge on any atom is -0.469 e. The van der Waals surface area contributed by atoms with Crippen molar-refractivity contribution in [1.29, 1.82) is 0 Å². The van der Waals surface area contributed by atoms with E-state index in [0.717, 1.165) is 22.4 Å². The first kappa shape index (κ1) is 38.3. The summed E-state index contributed by atoms with van der Waals surface area (Å²) in [4.78, 5) is 21.5. The summed E-state index contributed by atoms with van der Waals surface area (Å²) in [7, 11) is 1.79. The number of hydrogen-bond acceptors (Lipinski definition) is 9. The average Bonchev–Trinajstić information content (AvgIpc) is 4.14. The maximum Gasteiger partial charge on any atom is 0.306 e. The zero-order chi connectivity index (χ0) is 38.5. The van der Waals surface area contributed by atoms with E-state index in [1.54, 1.807) is 12.7 Å². The number of nitrogens with zero attached hydrogens (tertiary/aromatic N) is 5. The van der Waals surface area contributed by atoms with Gasteiger partial charge in [0.1, 0.15) is 12.7 Å². The van der Waals surface area contributed by atoms with Crippen molar-refractivity contribution in [3.63, 3.8) is 0 Å². The van der Waals surface area contributed by atoms with Gasteiger partial charge < -0.3 is 9.47 Å². The Morgan fingerprint density at radius 1 is 0.849 bits per heavy atom. The van der Waals surface area contributed by atoms with Gasteiger partial charge in [-0.25, -0.2) is 0 Å². The van der Waals surface area contributed by atoms with Crippen LogP contribution in [0.2, 0.25) is 0 Å². The number of hydrogen-bond donors (Lipinski definition) is 1. The van der Waals surface area contributed by atoms with Crippen molar-refractivity contribution in [2.75, 3.05) is 32.5 Å². The van der Waals surface area contributed by atoms with Crippen molar-refractivity contribution >= 4 is 73.4 Å². The fourth-order valence-corrected chi connectivity index (χ4v) is 7.31. The summed E-state index contributed by atoms with van der Waals surface area (Å²) in [5.41, 5.74) is 5.08. The number of carbonyl (C=O) groups excluding carboxylic acids is 2. The molecule has 0 bridgehead atoms. The number of nitrogens with one attached hydrogen (secondary N) is 1. The highest BCUT2D eigenvalue weighted by atomic mass is 79.9. The summed E-state index contributed by atoms with van der Waals surface area (Å²) < 4.78 is 29.1. The van der Waals surface area contributed by atoms with Crippen molar-refractivity contribution in [3.8, 4) is 11.4 Å². The molecular weight excluding hydrogens is 780 g/mol. The second-order valence-electron chi connectivity index (χ2n) is 12.2. The summed E-state index contributed by atoms with van der Waals surface area (Å²) >= 11 is 9.87. The lowest BCUT2D eigenvalue weighted by molar-refractivity contribution is -0.140. The first-order valence-corrected chi connectivity index (χ1v) is 19.6. The first-order chi connectivity index (χ1) is 26.3. The van der Waals surface area contributed by atoms with Gasteiger partial charge >= 0.3 is 11.9 Å². The molecule has 0 radical (unpaired) electrons. The maximum atomic E-state index is 11.3.